The number of unbranched alkanes of at least 4 members (excludes halogenated alkanes) is 50. The van der Waals surface area contributed by atoms with E-state index in [1.165, 1.54) is 308 Å². The highest BCUT2D eigenvalue weighted by Crippen LogP contribution is 2.18. The number of allylic oxidation sites excluding steroid dienone is 7. The van der Waals surface area contributed by atoms with E-state index in [4.69, 9.17) is 4.74 Å². The second-order valence-corrected chi connectivity index (χ2v) is 24.6. The van der Waals surface area contributed by atoms with Gasteiger partial charge in [0.15, 0.2) is 0 Å². The van der Waals surface area contributed by atoms with Gasteiger partial charge in [0.25, 0.3) is 0 Å². The molecule has 0 fully saturated rings. The molecule has 0 aliphatic carbocycles. The molecule has 6 nitrogen and oxygen atoms in total. The van der Waals surface area contributed by atoms with Crippen molar-refractivity contribution in [2.45, 2.75) is 398 Å². The number of aliphatic hydroxyl groups excluding tert-OH is 2. The van der Waals surface area contributed by atoms with Crippen molar-refractivity contribution in [2.24, 2.45) is 0 Å². The van der Waals surface area contributed by atoms with Gasteiger partial charge in [0.2, 0.25) is 5.91 Å². The van der Waals surface area contributed by atoms with Gasteiger partial charge < -0.3 is 20.3 Å². The maximum absolute atomic E-state index is 12.5. The molecule has 0 aliphatic heterocycles. The van der Waals surface area contributed by atoms with E-state index < -0.39 is 12.1 Å². The lowest BCUT2D eigenvalue weighted by atomic mass is 10.0. The molecule has 6 heteroatoms. The third-order valence-electron chi connectivity index (χ3n) is 16.6. The molecule has 0 aliphatic rings. The molecule has 0 aromatic rings. The molecule has 0 spiro atoms. The van der Waals surface area contributed by atoms with Crippen molar-refractivity contribution in [3.8, 4) is 0 Å². The first-order valence-corrected chi connectivity index (χ1v) is 35.9. The normalized spacial score (nSPS) is 12.8. The van der Waals surface area contributed by atoms with Crippen LogP contribution in [0.1, 0.15) is 386 Å². The molecule has 0 rings (SSSR count). The summed E-state index contributed by atoms with van der Waals surface area (Å²) in [6, 6.07) is -0.624. The summed E-state index contributed by atoms with van der Waals surface area (Å²) < 4.78 is 5.48. The second-order valence-electron chi connectivity index (χ2n) is 24.6. The fourth-order valence-corrected chi connectivity index (χ4v) is 11.1. The zero-order valence-electron chi connectivity index (χ0n) is 53.8. The number of nitrogens with one attached hydrogen (secondary N) is 1. The van der Waals surface area contributed by atoms with Crippen LogP contribution >= 0.6 is 0 Å². The van der Waals surface area contributed by atoms with Gasteiger partial charge in [-0.05, 0) is 83.5 Å². The van der Waals surface area contributed by atoms with Crippen molar-refractivity contribution in [1.29, 1.82) is 0 Å². The van der Waals surface area contributed by atoms with Crippen LogP contribution in [0, 0.1) is 0 Å². The van der Waals surface area contributed by atoms with Crippen molar-refractivity contribution < 1.29 is 24.5 Å². The van der Waals surface area contributed by atoms with Crippen LogP contribution in [-0.2, 0) is 14.3 Å². The van der Waals surface area contributed by atoms with Crippen LogP contribution in [0.2, 0.25) is 0 Å². The van der Waals surface area contributed by atoms with Gasteiger partial charge in [-0.15, -0.1) is 0 Å². The first-order chi connectivity index (χ1) is 39.5. The molecule has 0 saturated heterocycles. The number of hydrogen-bond acceptors (Lipinski definition) is 5. The molecule has 3 N–H and O–H groups in total. The lowest BCUT2D eigenvalue weighted by Gasteiger charge is -2.20. The first kappa shape index (κ1) is 77.8. The summed E-state index contributed by atoms with van der Waals surface area (Å²) in [5, 5.41) is 23.1. The number of esters is 1. The zero-order valence-corrected chi connectivity index (χ0v) is 53.8. The number of hydrogen-bond donors (Lipinski definition) is 3. The summed E-state index contributed by atoms with van der Waals surface area (Å²) >= 11 is 0. The zero-order chi connectivity index (χ0) is 57.8. The van der Waals surface area contributed by atoms with E-state index in [0.29, 0.717) is 19.4 Å². The van der Waals surface area contributed by atoms with Crippen LogP contribution in [0.3, 0.4) is 0 Å². The summed E-state index contributed by atoms with van der Waals surface area (Å²) in [5.41, 5.74) is 0. The first-order valence-electron chi connectivity index (χ1n) is 35.9. The van der Waals surface area contributed by atoms with Gasteiger partial charge in [-0.25, -0.2) is 0 Å². The quantitative estimate of drug-likeness (QED) is 0.0320. The number of aliphatic hydroxyl groups is 2. The molecular formula is C74H139NO5. The summed E-state index contributed by atoms with van der Waals surface area (Å²) in [6.07, 6.45) is 90.7. The van der Waals surface area contributed by atoms with Crippen molar-refractivity contribution in [2.75, 3.05) is 13.2 Å². The van der Waals surface area contributed by atoms with Gasteiger partial charge in [0.1, 0.15) is 0 Å². The van der Waals surface area contributed by atoms with Crippen LogP contribution in [0.15, 0.2) is 48.6 Å². The van der Waals surface area contributed by atoms with Crippen LogP contribution in [-0.4, -0.2) is 47.4 Å². The van der Waals surface area contributed by atoms with Gasteiger partial charge >= 0.3 is 5.97 Å². The standard InChI is InChI=1S/C74H139NO5/c1-3-5-7-9-11-13-15-17-44-48-52-56-60-64-68-74(79)80-69-65-61-57-53-49-45-42-40-38-36-34-32-30-28-26-24-22-20-18-19-21-23-25-27-29-31-33-35-37-39-41-43-47-51-55-59-63-67-73(78)75-71(70-76)72(77)66-62-58-54-50-46-16-14-12-10-8-6-4-2/h9,11,15,17-18,20,62,66,71-72,76-77H,3-8,10,12-14,16,19,21-61,63-65,67-70H2,1-2H3,(H,75,78)/b11-9-,17-15-,20-18-,66-62+. The van der Waals surface area contributed by atoms with Crippen molar-refractivity contribution >= 4 is 11.9 Å². The van der Waals surface area contributed by atoms with Gasteiger partial charge in [0.05, 0.1) is 25.4 Å². The van der Waals surface area contributed by atoms with E-state index >= 15 is 0 Å². The van der Waals surface area contributed by atoms with Gasteiger partial charge in [-0.2, -0.15) is 0 Å². The summed E-state index contributed by atoms with van der Waals surface area (Å²) in [6.45, 7) is 4.87. The third kappa shape index (κ3) is 65.0. The Morgan fingerprint density at radius 2 is 0.637 bits per heavy atom. The SMILES string of the molecule is CCCC/C=C\C/C=C\CCCCCCCC(=O)OCCCCCCCCCCCCCCCCCC/C=C\CCCCCCCCCCCCCCCCCCCC(=O)NC(CO)C(O)/C=C/CCCCCCCCCCCC. The number of amides is 1. The molecule has 0 bridgehead atoms. The minimum absolute atomic E-state index is 0.00652. The molecule has 0 radical (unpaired) electrons. The molecule has 0 aromatic heterocycles. The molecule has 0 aromatic carbocycles. The highest BCUT2D eigenvalue weighted by Gasteiger charge is 2.18. The Labute approximate surface area is 499 Å². The Kier molecular flexibility index (Phi) is 67.4. The van der Waals surface area contributed by atoms with Crippen LogP contribution in [0.5, 0.6) is 0 Å². The lowest BCUT2D eigenvalue weighted by molar-refractivity contribution is -0.143. The molecule has 2 atom stereocenters. The maximum Gasteiger partial charge on any atom is 0.305 e. The molecule has 1 amide bonds. The summed E-state index contributed by atoms with van der Waals surface area (Å²) in [4.78, 5) is 24.5. The molecule has 0 heterocycles. The van der Waals surface area contributed by atoms with Crippen LogP contribution < -0.4 is 5.32 Å². The lowest BCUT2D eigenvalue weighted by Crippen LogP contribution is -2.45. The molecule has 2 unspecified atom stereocenters. The summed E-state index contributed by atoms with van der Waals surface area (Å²) in [5.74, 6) is -0.0570. The van der Waals surface area contributed by atoms with E-state index in [1.54, 1.807) is 6.08 Å². The van der Waals surface area contributed by atoms with Gasteiger partial charge in [-0.1, -0.05) is 339 Å². The Morgan fingerprint density at radius 3 is 1.00 bits per heavy atom. The maximum atomic E-state index is 12.5. The molecule has 80 heavy (non-hydrogen) atoms. The largest absolute Gasteiger partial charge is 0.466 e. The average Bonchev–Trinajstić information content (AvgIpc) is 3.46. The highest BCUT2D eigenvalue weighted by atomic mass is 16.5. The van der Waals surface area contributed by atoms with Gasteiger partial charge in [-0.3, -0.25) is 9.59 Å². The fraction of sp³-hybridized carbons (Fsp3) is 0.865. The molecule has 0 saturated carbocycles. The number of rotatable bonds is 67. The third-order valence-corrected chi connectivity index (χ3v) is 16.6. The fourth-order valence-electron chi connectivity index (χ4n) is 11.1. The van der Waals surface area contributed by atoms with E-state index in [9.17, 15) is 19.8 Å². The monoisotopic (exact) mass is 1120 g/mol. The van der Waals surface area contributed by atoms with E-state index in [2.05, 4.69) is 55.6 Å². The van der Waals surface area contributed by atoms with E-state index in [1.807, 2.05) is 6.08 Å². The van der Waals surface area contributed by atoms with Crippen LogP contribution in [0.25, 0.3) is 0 Å². The Bertz CT molecular complexity index is 1340. The van der Waals surface area contributed by atoms with Gasteiger partial charge in [0, 0.05) is 12.8 Å². The Morgan fingerprint density at radius 1 is 0.350 bits per heavy atom. The topological polar surface area (TPSA) is 95.9 Å². The number of carbonyl (C=O) groups excluding carboxylic acids is 2. The van der Waals surface area contributed by atoms with Crippen molar-refractivity contribution in [3.63, 3.8) is 0 Å². The predicted octanol–water partition coefficient (Wildman–Crippen LogP) is 23.3. The minimum Gasteiger partial charge on any atom is -0.466 e. The average molecular weight is 1120 g/mol. The van der Waals surface area contributed by atoms with Crippen molar-refractivity contribution in [3.05, 3.63) is 48.6 Å². The molecule has 470 valence electrons. The number of carbonyl (C=O) groups is 2. The van der Waals surface area contributed by atoms with Crippen molar-refractivity contribution in [1.82, 2.24) is 5.32 Å². The minimum atomic E-state index is -0.841. The number of ether oxygens (including phenoxy) is 1. The second kappa shape index (κ2) is 69.3. The van der Waals surface area contributed by atoms with E-state index in [0.717, 1.165) is 51.4 Å². The van der Waals surface area contributed by atoms with E-state index in [-0.39, 0.29) is 18.5 Å². The predicted molar refractivity (Wildman–Crippen MR) is 352 cm³/mol. The van der Waals surface area contributed by atoms with Crippen LogP contribution in [0.4, 0.5) is 0 Å². The Balaban J connectivity index is 3.33. The molecular weight excluding hydrogens is 983 g/mol. The highest BCUT2D eigenvalue weighted by molar-refractivity contribution is 5.76. The smallest absolute Gasteiger partial charge is 0.305 e. The summed E-state index contributed by atoms with van der Waals surface area (Å²) in [7, 11) is 0. The Hall–Kier alpha value is -2.18.